The minimum absolute atomic E-state index is 0.0246. The fourth-order valence-corrected chi connectivity index (χ4v) is 6.03. The second-order valence-corrected chi connectivity index (χ2v) is 12.8. The van der Waals surface area contributed by atoms with Crippen molar-refractivity contribution in [2.45, 2.75) is 31.2 Å². The van der Waals surface area contributed by atoms with Crippen LogP contribution in [0.3, 0.4) is 0 Å². The number of sulfonamides is 1. The molecule has 0 spiro atoms. The first-order chi connectivity index (χ1) is 17.4. The Balaban J connectivity index is 1.87. The Morgan fingerprint density at radius 1 is 0.946 bits per heavy atom. The molecule has 1 unspecified atom stereocenters. The van der Waals surface area contributed by atoms with E-state index in [2.05, 4.69) is 21.2 Å². The van der Waals surface area contributed by atoms with E-state index in [1.807, 2.05) is 57.1 Å². The number of benzene rings is 3. The van der Waals surface area contributed by atoms with E-state index in [0.29, 0.717) is 22.3 Å². The topological polar surface area (TPSA) is 69.7 Å². The van der Waals surface area contributed by atoms with Crippen LogP contribution < -0.4 is 9.62 Å². The molecular weight excluding hydrogens is 597 g/mol. The van der Waals surface area contributed by atoms with Crippen molar-refractivity contribution in [1.82, 2.24) is 10.2 Å². The highest BCUT2D eigenvalue weighted by Gasteiger charge is 2.27. The standard InChI is InChI=1S/C27H30BrCl2N3O3S/c1-18-13-19(2)15-22(14-18)33(37(35,36)23-8-6-21(28)7-9-23)12-11-27(34)31-26(17-32(3)4)20-5-10-24(29)25(30)16-20/h5-10,13-16,26H,11-12,17H2,1-4H3,(H,31,34). The fraction of sp³-hybridized carbons (Fsp3) is 0.296. The minimum Gasteiger partial charge on any atom is -0.348 e. The van der Waals surface area contributed by atoms with Gasteiger partial charge >= 0.3 is 0 Å². The molecule has 0 aromatic heterocycles. The van der Waals surface area contributed by atoms with E-state index in [9.17, 15) is 13.2 Å². The van der Waals surface area contributed by atoms with Crippen molar-refractivity contribution in [2.75, 3.05) is 31.5 Å². The van der Waals surface area contributed by atoms with Gasteiger partial charge in [-0.25, -0.2) is 8.42 Å². The van der Waals surface area contributed by atoms with Crippen molar-refractivity contribution in [3.63, 3.8) is 0 Å². The molecule has 0 fully saturated rings. The number of carbonyl (C=O) groups excluding carboxylic acids is 1. The van der Waals surface area contributed by atoms with Gasteiger partial charge in [0, 0.05) is 24.0 Å². The SMILES string of the molecule is Cc1cc(C)cc(N(CCC(=O)NC(CN(C)C)c2ccc(Cl)c(Cl)c2)S(=O)(=O)c2ccc(Br)cc2)c1. The summed E-state index contributed by atoms with van der Waals surface area (Å²) in [5.41, 5.74) is 3.19. The molecule has 0 saturated carbocycles. The van der Waals surface area contributed by atoms with E-state index in [1.54, 1.807) is 36.4 Å². The third-order valence-corrected chi connectivity index (χ3v) is 8.78. The van der Waals surface area contributed by atoms with Crippen LogP contribution in [0.4, 0.5) is 5.69 Å². The molecule has 10 heteroatoms. The maximum Gasteiger partial charge on any atom is 0.264 e. The molecule has 3 aromatic carbocycles. The number of aryl methyl sites for hydroxylation is 2. The van der Waals surface area contributed by atoms with Crippen molar-refractivity contribution in [3.8, 4) is 0 Å². The van der Waals surface area contributed by atoms with Gasteiger partial charge in [-0.05, 0) is 93.2 Å². The first kappa shape index (κ1) is 29.5. The van der Waals surface area contributed by atoms with Crippen LogP contribution in [-0.2, 0) is 14.8 Å². The number of likely N-dealkylation sites (N-methyl/N-ethyl adjacent to an activating group) is 1. The van der Waals surface area contributed by atoms with E-state index in [1.165, 1.54) is 4.31 Å². The van der Waals surface area contributed by atoms with Crippen LogP contribution in [0.5, 0.6) is 0 Å². The Morgan fingerprint density at radius 2 is 1.57 bits per heavy atom. The highest BCUT2D eigenvalue weighted by atomic mass is 79.9. The summed E-state index contributed by atoms with van der Waals surface area (Å²) in [5.74, 6) is -0.279. The molecule has 0 aliphatic carbocycles. The van der Waals surface area contributed by atoms with Crippen LogP contribution in [0, 0.1) is 13.8 Å². The number of halogens is 3. The van der Waals surface area contributed by atoms with Crippen molar-refractivity contribution >= 4 is 60.7 Å². The molecule has 0 heterocycles. The predicted molar refractivity (Wildman–Crippen MR) is 155 cm³/mol. The zero-order valence-electron chi connectivity index (χ0n) is 21.1. The molecule has 0 bridgehead atoms. The summed E-state index contributed by atoms with van der Waals surface area (Å²) in [7, 11) is -0.106. The molecule has 0 aliphatic rings. The lowest BCUT2D eigenvalue weighted by Gasteiger charge is -2.27. The molecule has 1 atom stereocenters. The zero-order chi connectivity index (χ0) is 27.3. The van der Waals surface area contributed by atoms with Crippen LogP contribution in [0.1, 0.15) is 29.2 Å². The average Bonchev–Trinajstić information content (AvgIpc) is 2.80. The first-order valence-corrected chi connectivity index (χ1v) is 14.6. The van der Waals surface area contributed by atoms with Crippen LogP contribution in [0.2, 0.25) is 10.0 Å². The molecule has 3 rings (SSSR count). The van der Waals surface area contributed by atoms with Crippen LogP contribution in [-0.4, -0.2) is 46.4 Å². The second-order valence-electron chi connectivity index (χ2n) is 9.18. The molecule has 198 valence electrons. The Morgan fingerprint density at radius 3 is 2.14 bits per heavy atom. The molecule has 1 N–H and O–H groups in total. The molecule has 0 saturated heterocycles. The predicted octanol–water partition coefficient (Wildman–Crippen LogP) is 6.38. The van der Waals surface area contributed by atoms with Crippen LogP contribution in [0.25, 0.3) is 0 Å². The summed E-state index contributed by atoms with van der Waals surface area (Å²) >= 11 is 15.6. The maximum absolute atomic E-state index is 13.7. The molecule has 0 aliphatic heterocycles. The quantitative estimate of drug-likeness (QED) is 0.284. The van der Waals surface area contributed by atoms with Gasteiger partial charge in [0.2, 0.25) is 5.91 Å². The second kappa shape index (κ2) is 12.6. The number of carbonyl (C=O) groups is 1. The number of nitrogens with zero attached hydrogens (tertiary/aromatic N) is 2. The number of anilines is 1. The molecule has 37 heavy (non-hydrogen) atoms. The van der Waals surface area contributed by atoms with Gasteiger partial charge in [0.05, 0.1) is 26.7 Å². The summed E-state index contributed by atoms with van der Waals surface area (Å²) in [6.45, 7) is 4.33. The number of amides is 1. The van der Waals surface area contributed by atoms with Gasteiger partial charge in [-0.2, -0.15) is 0 Å². The lowest BCUT2D eigenvalue weighted by molar-refractivity contribution is -0.121. The highest BCUT2D eigenvalue weighted by Crippen LogP contribution is 2.28. The highest BCUT2D eigenvalue weighted by molar-refractivity contribution is 9.10. The summed E-state index contributed by atoms with van der Waals surface area (Å²) in [5, 5.41) is 3.86. The van der Waals surface area contributed by atoms with Crippen molar-refractivity contribution in [2.24, 2.45) is 0 Å². The molecule has 6 nitrogen and oxygen atoms in total. The Labute approximate surface area is 237 Å². The number of rotatable bonds is 10. The van der Waals surface area contributed by atoms with Crippen molar-refractivity contribution in [3.05, 3.63) is 91.9 Å². The summed E-state index contributed by atoms with van der Waals surface area (Å²) in [6, 6.07) is 17.0. The third-order valence-electron chi connectivity index (χ3n) is 5.67. The number of hydrogen-bond acceptors (Lipinski definition) is 4. The normalized spacial score (nSPS) is 12.4. The molecule has 0 radical (unpaired) electrons. The summed E-state index contributed by atoms with van der Waals surface area (Å²) < 4.78 is 29.4. The summed E-state index contributed by atoms with van der Waals surface area (Å²) in [4.78, 5) is 15.2. The van der Waals surface area contributed by atoms with Crippen molar-refractivity contribution < 1.29 is 13.2 Å². The number of hydrogen-bond donors (Lipinski definition) is 1. The van der Waals surface area contributed by atoms with Crippen molar-refractivity contribution in [1.29, 1.82) is 0 Å². The lowest BCUT2D eigenvalue weighted by atomic mass is 10.1. The van der Waals surface area contributed by atoms with Gasteiger partial charge in [-0.3, -0.25) is 9.10 Å². The first-order valence-electron chi connectivity index (χ1n) is 11.6. The summed E-state index contributed by atoms with van der Waals surface area (Å²) in [6.07, 6.45) is -0.0337. The van der Waals surface area contributed by atoms with Crippen LogP contribution >= 0.6 is 39.1 Å². The van der Waals surface area contributed by atoms with E-state index in [4.69, 9.17) is 23.2 Å². The van der Waals surface area contributed by atoms with E-state index < -0.39 is 10.0 Å². The fourth-order valence-electron chi connectivity index (χ4n) is 4.01. The Hall–Kier alpha value is -2.10. The average molecular weight is 627 g/mol. The van der Waals surface area contributed by atoms with Gasteiger partial charge < -0.3 is 10.2 Å². The van der Waals surface area contributed by atoms with Gasteiger partial charge in [0.1, 0.15) is 0 Å². The third kappa shape index (κ3) is 7.94. The zero-order valence-corrected chi connectivity index (χ0v) is 25.0. The largest absolute Gasteiger partial charge is 0.348 e. The van der Waals surface area contributed by atoms with Gasteiger partial charge in [-0.15, -0.1) is 0 Å². The van der Waals surface area contributed by atoms with E-state index in [0.717, 1.165) is 21.2 Å². The maximum atomic E-state index is 13.7. The minimum atomic E-state index is -3.92. The molecule has 1 amide bonds. The van der Waals surface area contributed by atoms with Gasteiger partial charge in [0.25, 0.3) is 10.0 Å². The molecular formula is C27H30BrCl2N3O3S. The number of nitrogens with one attached hydrogen (secondary N) is 1. The van der Waals surface area contributed by atoms with E-state index in [-0.39, 0.29) is 29.8 Å². The Kier molecular flexibility index (Phi) is 10.1. The molecule has 3 aromatic rings. The van der Waals surface area contributed by atoms with Crippen LogP contribution in [0.15, 0.2) is 70.0 Å². The van der Waals surface area contributed by atoms with E-state index >= 15 is 0 Å². The van der Waals surface area contributed by atoms with Gasteiger partial charge in [0.15, 0.2) is 0 Å². The monoisotopic (exact) mass is 625 g/mol. The smallest absolute Gasteiger partial charge is 0.264 e. The van der Waals surface area contributed by atoms with Gasteiger partial charge in [-0.1, -0.05) is 51.3 Å². The Bertz CT molecular complexity index is 1350. The lowest BCUT2D eigenvalue weighted by Crippen LogP contribution is -2.38.